The van der Waals surface area contributed by atoms with E-state index in [0.717, 1.165) is 22.3 Å². The lowest BCUT2D eigenvalue weighted by Crippen LogP contribution is -2.74. The summed E-state index contributed by atoms with van der Waals surface area (Å²) in [6.07, 6.45) is -1.76. The van der Waals surface area contributed by atoms with E-state index in [-0.39, 0.29) is 12.6 Å². The average Bonchev–Trinajstić information content (AvgIpc) is 3.05. The third-order valence-corrected chi connectivity index (χ3v) is 8.00. The number of ether oxygens (including phenoxy) is 5. The molecule has 2 bridgehead atoms. The Kier molecular flexibility index (Phi) is 9.45. The first kappa shape index (κ1) is 29.1. The molecule has 4 aromatic rings. The van der Waals surface area contributed by atoms with Gasteiger partial charge in [0, 0.05) is 6.42 Å². The predicted octanol–water partition coefficient (Wildman–Crippen LogP) is 6.21. The molecule has 0 unspecified atom stereocenters. The molecule has 1 amide bonds. The van der Waals surface area contributed by atoms with Gasteiger partial charge < -0.3 is 29.0 Å². The Morgan fingerprint density at radius 3 is 1.56 bits per heavy atom. The van der Waals surface area contributed by atoms with Gasteiger partial charge in [0.25, 0.3) is 0 Å². The topological polar surface area (TPSA) is 75.3 Å². The first-order valence-corrected chi connectivity index (χ1v) is 14.8. The van der Waals surface area contributed by atoms with E-state index in [4.69, 9.17) is 23.7 Å². The number of hydrogen-bond acceptors (Lipinski definition) is 6. The molecule has 7 heteroatoms. The van der Waals surface area contributed by atoms with E-state index >= 15 is 0 Å². The van der Waals surface area contributed by atoms with Gasteiger partial charge in [0.2, 0.25) is 0 Å². The van der Waals surface area contributed by atoms with E-state index < -0.39 is 30.0 Å². The summed E-state index contributed by atoms with van der Waals surface area (Å²) < 4.78 is 32.4. The molecule has 0 radical (unpaired) electrons. The molecule has 1 aliphatic heterocycles. The van der Waals surface area contributed by atoms with Crippen molar-refractivity contribution in [2.75, 3.05) is 6.61 Å². The normalized spacial score (nSPS) is 24.6. The summed E-state index contributed by atoms with van der Waals surface area (Å²) in [7, 11) is 0. The van der Waals surface area contributed by atoms with E-state index in [1.165, 1.54) is 0 Å². The lowest BCUT2D eigenvalue weighted by molar-refractivity contribution is -0.264. The lowest BCUT2D eigenvalue weighted by Gasteiger charge is -2.54. The highest BCUT2D eigenvalue weighted by atomic mass is 16.6. The fourth-order valence-corrected chi connectivity index (χ4v) is 5.92. The summed E-state index contributed by atoms with van der Waals surface area (Å²) in [6.45, 7) is 1.57. The van der Waals surface area contributed by atoms with Gasteiger partial charge in [-0.15, -0.1) is 0 Å². The molecule has 43 heavy (non-hydrogen) atoms. The molecule has 1 N–H and O–H groups in total. The van der Waals surface area contributed by atoms with Crippen LogP contribution in [0.15, 0.2) is 121 Å². The Hall–Kier alpha value is -4.01. The van der Waals surface area contributed by atoms with E-state index in [0.29, 0.717) is 32.8 Å². The SMILES string of the molecule is O=C1N[C@H]2C[C@](COCc3ccccc3)(O1)[C@@H](OCc1ccccc1)[C@H](OCc1ccccc1)[C@H]2OCc1ccccc1. The van der Waals surface area contributed by atoms with Crippen LogP contribution in [-0.4, -0.2) is 42.7 Å². The molecule has 1 saturated heterocycles. The average molecular weight is 580 g/mol. The molecular weight excluding hydrogens is 542 g/mol. The summed E-state index contributed by atoms with van der Waals surface area (Å²) in [5.41, 5.74) is 3.03. The highest BCUT2D eigenvalue weighted by molar-refractivity contribution is 5.70. The minimum atomic E-state index is -1.08. The quantitative estimate of drug-likeness (QED) is 0.203. The molecule has 7 nitrogen and oxygen atoms in total. The maximum Gasteiger partial charge on any atom is 0.408 e. The Labute approximate surface area is 252 Å². The van der Waals surface area contributed by atoms with Crippen molar-refractivity contribution in [2.24, 2.45) is 0 Å². The van der Waals surface area contributed by atoms with E-state index in [9.17, 15) is 4.79 Å². The molecule has 1 aliphatic carbocycles. The van der Waals surface area contributed by atoms with Crippen LogP contribution >= 0.6 is 0 Å². The monoisotopic (exact) mass is 579 g/mol. The largest absolute Gasteiger partial charge is 0.437 e. The molecule has 6 rings (SSSR count). The van der Waals surface area contributed by atoms with Gasteiger partial charge in [0.15, 0.2) is 5.60 Å². The van der Waals surface area contributed by atoms with E-state index in [1.54, 1.807) is 0 Å². The predicted molar refractivity (Wildman–Crippen MR) is 162 cm³/mol. The second-order valence-corrected chi connectivity index (χ2v) is 11.1. The third-order valence-electron chi connectivity index (χ3n) is 8.00. The van der Waals surface area contributed by atoms with Crippen LogP contribution in [0.1, 0.15) is 28.7 Å². The van der Waals surface area contributed by atoms with Crippen LogP contribution in [0.5, 0.6) is 0 Å². The van der Waals surface area contributed by atoms with Crippen LogP contribution in [0.2, 0.25) is 0 Å². The van der Waals surface area contributed by atoms with Crippen LogP contribution in [0.25, 0.3) is 0 Å². The molecule has 2 fully saturated rings. The summed E-state index contributed by atoms with van der Waals surface area (Å²) in [5, 5.41) is 3.01. The van der Waals surface area contributed by atoms with Crippen molar-refractivity contribution in [1.29, 1.82) is 0 Å². The number of rotatable bonds is 13. The van der Waals surface area contributed by atoms with Crippen molar-refractivity contribution < 1.29 is 28.5 Å². The first-order chi connectivity index (χ1) is 21.2. The van der Waals surface area contributed by atoms with Crippen LogP contribution in [0, 0.1) is 0 Å². The molecule has 2 aliphatic rings. The molecule has 1 saturated carbocycles. The molecule has 0 aromatic heterocycles. The number of amides is 1. The van der Waals surface area contributed by atoms with E-state index in [1.807, 2.05) is 121 Å². The summed E-state index contributed by atoms with van der Waals surface area (Å²) in [4.78, 5) is 13.1. The van der Waals surface area contributed by atoms with Crippen LogP contribution in [0.4, 0.5) is 4.79 Å². The lowest BCUT2D eigenvalue weighted by atomic mass is 9.74. The van der Waals surface area contributed by atoms with Gasteiger partial charge in [0.1, 0.15) is 18.3 Å². The number of nitrogens with one attached hydrogen (secondary N) is 1. The van der Waals surface area contributed by atoms with Gasteiger partial charge in [-0.3, -0.25) is 0 Å². The molecule has 1 heterocycles. The highest BCUT2D eigenvalue weighted by Crippen LogP contribution is 2.41. The zero-order valence-corrected chi connectivity index (χ0v) is 24.0. The summed E-state index contributed by atoms with van der Waals surface area (Å²) in [5.74, 6) is 0. The maximum absolute atomic E-state index is 13.1. The molecule has 0 spiro atoms. The van der Waals surface area contributed by atoms with Gasteiger partial charge >= 0.3 is 6.09 Å². The first-order valence-electron chi connectivity index (χ1n) is 14.8. The Bertz CT molecular complexity index is 1420. The van der Waals surface area contributed by atoms with Crippen LogP contribution in [0.3, 0.4) is 0 Å². The smallest absolute Gasteiger partial charge is 0.408 e. The van der Waals surface area contributed by atoms with Gasteiger partial charge in [-0.1, -0.05) is 121 Å². The van der Waals surface area contributed by atoms with Crippen molar-refractivity contribution in [2.45, 2.75) is 62.8 Å². The minimum Gasteiger partial charge on any atom is -0.437 e. The number of hydrogen-bond donors (Lipinski definition) is 1. The van der Waals surface area contributed by atoms with Crippen LogP contribution < -0.4 is 5.32 Å². The van der Waals surface area contributed by atoms with Crippen molar-refractivity contribution in [3.8, 4) is 0 Å². The molecule has 222 valence electrons. The van der Waals surface area contributed by atoms with Crippen molar-refractivity contribution in [3.63, 3.8) is 0 Å². The fourth-order valence-electron chi connectivity index (χ4n) is 5.92. The zero-order valence-electron chi connectivity index (χ0n) is 24.0. The van der Waals surface area contributed by atoms with Crippen molar-refractivity contribution in [1.82, 2.24) is 5.32 Å². The second kappa shape index (κ2) is 14.0. The van der Waals surface area contributed by atoms with E-state index in [2.05, 4.69) is 5.32 Å². The van der Waals surface area contributed by atoms with Crippen LogP contribution in [-0.2, 0) is 50.1 Å². The van der Waals surface area contributed by atoms with Gasteiger partial charge in [-0.2, -0.15) is 0 Å². The Balaban J connectivity index is 1.31. The van der Waals surface area contributed by atoms with Crippen molar-refractivity contribution in [3.05, 3.63) is 144 Å². The number of benzene rings is 4. The number of carbonyl (C=O) groups excluding carboxylic acids is 1. The highest BCUT2D eigenvalue weighted by Gasteiger charge is 2.61. The molecule has 5 atom stereocenters. The standard InChI is InChI=1S/C36H37NO6/c38-35-37-31-21-36(43-35,26-39-22-27-13-5-1-6-14-27)34(42-25-30-19-11-4-12-20-30)33(41-24-29-17-9-3-10-18-29)32(31)40-23-28-15-7-2-8-16-28/h1-20,31-34H,21-26H2,(H,37,38)/t31-,32-,33+,34-,36+/m0/s1. The fraction of sp³-hybridized carbons (Fsp3) is 0.306. The minimum absolute atomic E-state index is 0.155. The Morgan fingerprint density at radius 1 is 0.605 bits per heavy atom. The number of fused-ring (bicyclic) bond motifs is 2. The van der Waals surface area contributed by atoms with Crippen molar-refractivity contribution >= 4 is 6.09 Å². The third kappa shape index (κ3) is 7.32. The summed E-state index contributed by atoms with van der Waals surface area (Å²) >= 11 is 0. The van der Waals surface area contributed by atoms with Gasteiger partial charge in [-0.25, -0.2) is 4.79 Å². The number of alkyl carbamates (subject to hydrolysis) is 1. The van der Waals surface area contributed by atoms with Gasteiger partial charge in [-0.05, 0) is 22.3 Å². The second-order valence-electron chi connectivity index (χ2n) is 11.1. The maximum atomic E-state index is 13.1. The zero-order chi connectivity index (χ0) is 29.3. The summed E-state index contributed by atoms with van der Waals surface area (Å²) in [6, 6.07) is 39.6. The Morgan fingerprint density at radius 2 is 1.05 bits per heavy atom. The number of carbonyl (C=O) groups is 1. The van der Waals surface area contributed by atoms with Gasteiger partial charge in [0.05, 0.1) is 39.1 Å². The molecular formula is C36H37NO6. The molecule has 4 aromatic carbocycles.